The highest BCUT2D eigenvalue weighted by Crippen LogP contribution is 2.22. The largest absolute Gasteiger partial charge is 0.386 e. The maximum Gasteiger partial charge on any atom is 0.193 e. The Balaban J connectivity index is 0.00000264. The number of aryl methyl sites for hydroxylation is 1. The number of benzene rings is 2. The summed E-state index contributed by atoms with van der Waals surface area (Å²) >= 11 is 6.04. The average molecular weight is 446 g/mol. The van der Waals surface area contributed by atoms with Gasteiger partial charge in [-0.05, 0) is 30.2 Å². The van der Waals surface area contributed by atoms with Crippen LogP contribution in [0, 0.1) is 0 Å². The van der Waals surface area contributed by atoms with Crippen LogP contribution in [0.5, 0.6) is 0 Å². The fraction of sp³-hybridized carbons (Fsp3) is 0.235. The topological polar surface area (TPSA) is 70.6 Å². The monoisotopic (exact) mass is 445 g/mol. The third-order valence-electron chi connectivity index (χ3n) is 3.33. The zero-order valence-corrected chi connectivity index (χ0v) is 16.0. The van der Waals surface area contributed by atoms with Crippen molar-refractivity contribution in [3.8, 4) is 0 Å². The second-order valence-corrected chi connectivity index (χ2v) is 5.35. The lowest BCUT2D eigenvalue weighted by molar-refractivity contribution is 0.187. The van der Waals surface area contributed by atoms with E-state index in [9.17, 15) is 5.11 Å². The number of rotatable bonds is 5. The van der Waals surface area contributed by atoms with Crippen LogP contribution in [-0.4, -0.2) is 17.6 Å². The molecule has 0 radical (unpaired) electrons. The Labute approximate surface area is 158 Å². The van der Waals surface area contributed by atoms with Gasteiger partial charge in [0, 0.05) is 16.3 Å². The molecule has 4 N–H and O–H groups in total. The molecule has 0 aliphatic rings. The fourth-order valence-corrected chi connectivity index (χ4v) is 2.30. The molecule has 0 spiro atoms. The Hall–Kier alpha value is -1.31. The van der Waals surface area contributed by atoms with Crippen molar-refractivity contribution >= 4 is 47.2 Å². The molecule has 0 aliphatic heterocycles. The van der Waals surface area contributed by atoms with E-state index in [-0.39, 0.29) is 36.5 Å². The highest BCUT2D eigenvalue weighted by atomic mass is 127. The van der Waals surface area contributed by atoms with E-state index in [0.717, 1.165) is 12.1 Å². The number of halogens is 2. The molecule has 23 heavy (non-hydrogen) atoms. The molecule has 0 saturated heterocycles. The van der Waals surface area contributed by atoms with Gasteiger partial charge in [-0.1, -0.05) is 48.9 Å². The highest BCUT2D eigenvalue weighted by Gasteiger charge is 2.10. The summed E-state index contributed by atoms with van der Waals surface area (Å²) in [6.07, 6.45) is 0.213. The van der Waals surface area contributed by atoms with Crippen LogP contribution in [0.3, 0.4) is 0 Å². The maximum absolute atomic E-state index is 10.1. The van der Waals surface area contributed by atoms with Crippen LogP contribution >= 0.6 is 35.6 Å². The van der Waals surface area contributed by atoms with Gasteiger partial charge in [0.05, 0.1) is 6.54 Å². The van der Waals surface area contributed by atoms with E-state index in [2.05, 4.69) is 17.2 Å². The van der Waals surface area contributed by atoms with Crippen molar-refractivity contribution in [1.82, 2.24) is 0 Å². The second kappa shape index (κ2) is 9.75. The van der Waals surface area contributed by atoms with E-state index >= 15 is 0 Å². The van der Waals surface area contributed by atoms with Crippen molar-refractivity contribution in [3.05, 3.63) is 64.7 Å². The van der Waals surface area contributed by atoms with Gasteiger partial charge in [-0.25, -0.2) is 0 Å². The van der Waals surface area contributed by atoms with Gasteiger partial charge in [0.25, 0.3) is 0 Å². The van der Waals surface area contributed by atoms with E-state index in [0.29, 0.717) is 10.6 Å². The number of aliphatic hydroxyl groups excluding tert-OH is 1. The minimum Gasteiger partial charge on any atom is -0.386 e. The predicted octanol–water partition coefficient (Wildman–Crippen LogP) is 3.98. The number of guanidine groups is 1. The lowest BCUT2D eigenvalue weighted by Crippen LogP contribution is -2.23. The van der Waals surface area contributed by atoms with Crippen LogP contribution < -0.4 is 11.1 Å². The van der Waals surface area contributed by atoms with E-state index < -0.39 is 6.10 Å². The number of nitrogens with one attached hydrogen (secondary N) is 1. The van der Waals surface area contributed by atoms with Crippen LogP contribution in [0.15, 0.2) is 53.5 Å². The number of hydrogen-bond donors (Lipinski definition) is 3. The molecule has 0 saturated carbocycles. The Morgan fingerprint density at radius 2 is 1.87 bits per heavy atom. The molecule has 2 aromatic carbocycles. The molecule has 0 aliphatic carbocycles. The number of hydrogen-bond acceptors (Lipinski definition) is 2. The van der Waals surface area contributed by atoms with Crippen LogP contribution in [0.1, 0.15) is 24.2 Å². The minimum absolute atomic E-state index is 0. The first-order valence-electron chi connectivity index (χ1n) is 7.18. The fourth-order valence-electron chi connectivity index (χ4n) is 2.04. The maximum atomic E-state index is 10.1. The molecule has 4 nitrogen and oxygen atoms in total. The summed E-state index contributed by atoms with van der Waals surface area (Å²) in [5.41, 5.74) is 8.61. The predicted molar refractivity (Wildman–Crippen MR) is 108 cm³/mol. The number of nitrogens with zero attached hydrogens (tertiary/aromatic N) is 1. The third kappa shape index (κ3) is 6.01. The van der Waals surface area contributed by atoms with Crippen LogP contribution in [0.2, 0.25) is 5.02 Å². The molecule has 2 rings (SSSR count). The SMILES string of the molecule is CCc1ccc(NC(N)=NCC(O)c2ccccc2Cl)cc1.I. The minimum atomic E-state index is -0.781. The van der Waals surface area contributed by atoms with Gasteiger partial charge < -0.3 is 16.2 Å². The van der Waals surface area contributed by atoms with E-state index in [4.69, 9.17) is 17.3 Å². The molecule has 1 atom stereocenters. The Morgan fingerprint density at radius 3 is 2.48 bits per heavy atom. The van der Waals surface area contributed by atoms with E-state index in [1.165, 1.54) is 5.56 Å². The Kier molecular flexibility index (Phi) is 8.36. The summed E-state index contributed by atoms with van der Waals surface area (Å²) in [4.78, 5) is 4.15. The highest BCUT2D eigenvalue weighted by molar-refractivity contribution is 14.0. The van der Waals surface area contributed by atoms with Gasteiger partial charge in [-0.3, -0.25) is 4.99 Å². The normalized spacial score (nSPS) is 12.4. The zero-order chi connectivity index (χ0) is 15.9. The second-order valence-electron chi connectivity index (χ2n) is 4.94. The van der Waals surface area contributed by atoms with E-state index in [1.807, 2.05) is 36.4 Å². The molecule has 124 valence electrons. The number of anilines is 1. The Bertz CT molecular complexity index is 647. The summed E-state index contributed by atoms with van der Waals surface area (Å²) in [5.74, 6) is 0.260. The zero-order valence-electron chi connectivity index (χ0n) is 12.9. The van der Waals surface area contributed by atoms with Crippen molar-refractivity contribution in [1.29, 1.82) is 0 Å². The smallest absolute Gasteiger partial charge is 0.193 e. The standard InChI is InChI=1S/C17H20ClN3O.HI/c1-2-12-7-9-13(10-8-12)21-17(19)20-11-16(22)14-5-3-4-6-15(14)18;/h3-10,16,22H,2,11H2,1H3,(H3,19,20,21);1H. The van der Waals surface area contributed by atoms with Gasteiger partial charge in [0.2, 0.25) is 0 Å². The van der Waals surface area contributed by atoms with Crippen LogP contribution in [-0.2, 0) is 6.42 Å². The van der Waals surface area contributed by atoms with E-state index in [1.54, 1.807) is 12.1 Å². The van der Waals surface area contributed by atoms with Gasteiger partial charge in [0.15, 0.2) is 5.96 Å². The average Bonchev–Trinajstić information content (AvgIpc) is 2.54. The lowest BCUT2D eigenvalue weighted by Gasteiger charge is -2.11. The number of aliphatic hydroxyl groups is 1. The Morgan fingerprint density at radius 1 is 1.22 bits per heavy atom. The molecular formula is C17H21ClIN3O. The molecule has 0 heterocycles. The molecule has 0 fully saturated rings. The lowest BCUT2D eigenvalue weighted by atomic mass is 10.1. The molecule has 0 aromatic heterocycles. The van der Waals surface area contributed by atoms with Crippen molar-refractivity contribution in [3.63, 3.8) is 0 Å². The van der Waals surface area contributed by atoms with Gasteiger partial charge in [0.1, 0.15) is 6.10 Å². The summed E-state index contributed by atoms with van der Waals surface area (Å²) in [6.45, 7) is 2.25. The van der Waals surface area contributed by atoms with Crippen LogP contribution in [0.25, 0.3) is 0 Å². The van der Waals surface area contributed by atoms with Gasteiger partial charge >= 0.3 is 0 Å². The van der Waals surface area contributed by atoms with Gasteiger partial charge in [-0.2, -0.15) is 0 Å². The quantitative estimate of drug-likeness (QED) is 0.370. The molecular weight excluding hydrogens is 425 g/mol. The first-order chi connectivity index (χ1) is 10.6. The molecule has 2 aromatic rings. The summed E-state index contributed by atoms with van der Waals surface area (Å²) in [6, 6.07) is 15.1. The number of aliphatic imine (C=N–C) groups is 1. The number of nitrogens with two attached hydrogens (primary N) is 1. The third-order valence-corrected chi connectivity index (χ3v) is 3.68. The van der Waals surface area contributed by atoms with Crippen molar-refractivity contribution < 1.29 is 5.11 Å². The van der Waals surface area contributed by atoms with Crippen molar-refractivity contribution in [2.24, 2.45) is 10.7 Å². The van der Waals surface area contributed by atoms with Crippen LogP contribution in [0.4, 0.5) is 5.69 Å². The molecule has 1 unspecified atom stereocenters. The van der Waals surface area contributed by atoms with Crippen molar-refractivity contribution in [2.45, 2.75) is 19.4 Å². The summed E-state index contributed by atoms with van der Waals surface area (Å²) < 4.78 is 0. The first-order valence-corrected chi connectivity index (χ1v) is 7.56. The summed E-state index contributed by atoms with van der Waals surface area (Å²) in [5, 5.41) is 13.6. The first kappa shape index (κ1) is 19.7. The summed E-state index contributed by atoms with van der Waals surface area (Å²) in [7, 11) is 0. The molecule has 0 bridgehead atoms. The van der Waals surface area contributed by atoms with Gasteiger partial charge in [-0.15, -0.1) is 24.0 Å². The molecule has 6 heteroatoms. The molecule has 0 amide bonds. The van der Waals surface area contributed by atoms with Crippen molar-refractivity contribution in [2.75, 3.05) is 11.9 Å².